The zero-order chi connectivity index (χ0) is 24.9. The largest absolute Gasteiger partial charge is 0.699 e. The molecule has 0 unspecified atom stereocenters. The highest BCUT2D eigenvalue weighted by atomic mass is 35.5. The molecule has 0 aliphatic carbocycles. The molecule has 0 saturated carbocycles. The average Bonchev–Trinajstić information content (AvgIpc) is 2.81. The van der Waals surface area contributed by atoms with E-state index in [-0.39, 0.29) is 37.2 Å². The van der Waals surface area contributed by atoms with Crippen molar-refractivity contribution in [3.05, 3.63) is 84.1 Å². The molecule has 3 rings (SSSR count). The zero-order valence-electron chi connectivity index (χ0n) is 19.7. The number of halogens is 2. The minimum atomic E-state index is -1.12. The van der Waals surface area contributed by atoms with Crippen LogP contribution < -0.4 is 22.5 Å². The molecular formula is C25H33Cl2N6O3-. The number of nitrogens with one attached hydrogen (secondary N) is 2. The SMILES string of the molecule is Cl.Cl.NC(N)=NCCC[C@H](NC(=O)[C@@H](N)Cc1ccccc1)C(=O)O.[NH-]c1ccc2ccccc2c1. The molecule has 0 bridgehead atoms. The minimum absolute atomic E-state index is 0. The number of benzene rings is 3. The lowest BCUT2D eigenvalue weighted by atomic mass is 10.1. The molecule has 0 aliphatic rings. The molecule has 0 radical (unpaired) electrons. The van der Waals surface area contributed by atoms with Crippen molar-refractivity contribution in [1.29, 1.82) is 0 Å². The highest BCUT2D eigenvalue weighted by Gasteiger charge is 2.23. The number of fused-ring (bicyclic) bond motifs is 1. The Labute approximate surface area is 223 Å². The first kappa shape index (κ1) is 32.5. The van der Waals surface area contributed by atoms with E-state index in [1.165, 1.54) is 5.39 Å². The van der Waals surface area contributed by atoms with Gasteiger partial charge in [0, 0.05) is 6.54 Å². The van der Waals surface area contributed by atoms with E-state index in [4.69, 9.17) is 28.0 Å². The lowest BCUT2D eigenvalue weighted by molar-refractivity contribution is -0.142. The molecule has 9 nitrogen and oxygen atoms in total. The van der Waals surface area contributed by atoms with E-state index in [1.54, 1.807) is 0 Å². The van der Waals surface area contributed by atoms with Crippen molar-refractivity contribution in [2.75, 3.05) is 6.54 Å². The number of hydrogen-bond acceptors (Lipinski definition) is 4. The van der Waals surface area contributed by atoms with Gasteiger partial charge in [-0.15, -0.1) is 30.5 Å². The molecule has 11 heteroatoms. The van der Waals surface area contributed by atoms with E-state index in [1.807, 2.05) is 66.7 Å². The Balaban J connectivity index is 0.000000787. The summed E-state index contributed by atoms with van der Waals surface area (Å²) in [6.07, 6.45) is 0.992. The Hall–Kier alpha value is -3.53. The number of rotatable bonds is 9. The van der Waals surface area contributed by atoms with Crippen LogP contribution in [0.3, 0.4) is 0 Å². The minimum Gasteiger partial charge on any atom is -0.699 e. The summed E-state index contributed by atoms with van der Waals surface area (Å²) in [4.78, 5) is 27.0. The van der Waals surface area contributed by atoms with Crippen molar-refractivity contribution in [2.24, 2.45) is 22.2 Å². The third-order valence-corrected chi connectivity index (χ3v) is 4.94. The molecule has 3 aromatic rings. The normalized spacial score (nSPS) is 11.4. The fourth-order valence-corrected chi connectivity index (χ4v) is 3.19. The maximum atomic E-state index is 12.0. The number of aliphatic carboxylic acids is 1. The third-order valence-electron chi connectivity index (χ3n) is 4.94. The summed E-state index contributed by atoms with van der Waals surface area (Å²) in [7, 11) is 0. The number of guanidine groups is 1. The van der Waals surface area contributed by atoms with Crippen molar-refractivity contribution in [3.63, 3.8) is 0 Å². The molecule has 0 aliphatic heterocycles. The van der Waals surface area contributed by atoms with E-state index >= 15 is 0 Å². The molecule has 9 N–H and O–H groups in total. The van der Waals surface area contributed by atoms with Crippen LogP contribution in [0.15, 0.2) is 77.8 Å². The van der Waals surface area contributed by atoms with Crippen LogP contribution in [0.2, 0.25) is 0 Å². The molecule has 0 saturated heterocycles. The summed E-state index contributed by atoms with van der Waals surface area (Å²) in [5.41, 5.74) is 25.1. The molecule has 3 aromatic carbocycles. The number of nitrogens with zero attached hydrogens (tertiary/aromatic N) is 1. The van der Waals surface area contributed by atoms with Gasteiger partial charge in [0.1, 0.15) is 6.04 Å². The lowest BCUT2D eigenvalue weighted by Gasteiger charge is -2.17. The van der Waals surface area contributed by atoms with Crippen LogP contribution in [0.1, 0.15) is 18.4 Å². The summed E-state index contributed by atoms with van der Waals surface area (Å²) >= 11 is 0. The van der Waals surface area contributed by atoms with Crippen molar-refractivity contribution in [3.8, 4) is 0 Å². The Morgan fingerprint density at radius 1 is 0.944 bits per heavy atom. The Bertz CT molecular complexity index is 1110. The molecular weight excluding hydrogens is 503 g/mol. The predicted molar refractivity (Wildman–Crippen MR) is 150 cm³/mol. The summed E-state index contributed by atoms with van der Waals surface area (Å²) in [5, 5.41) is 13.9. The van der Waals surface area contributed by atoms with Gasteiger partial charge in [0.25, 0.3) is 0 Å². The molecule has 36 heavy (non-hydrogen) atoms. The molecule has 0 aromatic heterocycles. The van der Waals surface area contributed by atoms with Crippen molar-refractivity contribution in [2.45, 2.75) is 31.3 Å². The maximum absolute atomic E-state index is 12.0. The zero-order valence-corrected chi connectivity index (χ0v) is 21.3. The quantitative estimate of drug-likeness (QED) is 0.158. The van der Waals surface area contributed by atoms with Gasteiger partial charge < -0.3 is 33.4 Å². The first-order chi connectivity index (χ1) is 16.3. The van der Waals surface area contributed by atoms with Crippen LogP contribution >= 0.6 is 24.8 Å². The number of carboxylic acid groups (broad SMARTS) is 1. The average molecular weight is 536 g/mol. The number of carboxylic acids is 1. The van der Waals surface area contributed by atoms with Gasteiger partial charge >= 0.3 is 5.97 Å². The van der Waals surface area contributed by atoms with Gasteiger partial charge in [0.05, 0.1) is 6.04 Å². The number of carbonyl (C=O) groups excluding carboxylic acids is 1. The van der Waals surface area contributed by atoms with Crippen molar-refractivity contribution >= 4 is 59.1 Å². The van der Waals surface area contributed by atoms with Crippen molar-refractivity contribution in [1.82, 2.24) is 5.32 Å². The van der Waals surface area contributed by atoms with Gasteiger partial charge in [-0.3, -0.25) is 9.79 Å². The molecule has 2 atom stereocenters. The van der Waals surface area contributed by atoms with Gasteiger partial charge in [0.15, 0.2) is 5.96 Å². The van der Waals surface area contributed by atoms with E-state index in [2.05, 4.69) is 16.4 Å². The Morgan fingerprint density at radius 3 is 2.17 bits per heavy atom. The van der Waals surface area contributed by atoms with Crippen LogP contribution in [0, 0.1) is 0 Å². The molecule has 0 spiro atoms. The fraction of sp³-hybridized carbons (Fsp3) is 0.240. The lowest BCUT2D eigenvalue weighted by Crippen LogP contribution is -2.49. The Kier molecular flexibility index (Phi) is 15.3. The highest BCUT2D eigenvalue weighted by molar-refractivity contribution is 5.87. The number of amides is 1. The number of nitrogens with two attached hydrogens (primary N) is 3. The van der Waals surface area contributed by atoms with Crippen LogP contribution in [0.5, 0.6) is 0 Å². The van der Waals surface area contributed by atoms with Crippen LogP contribution in [0.4, 0.5) is 5.69 Å². The summed E-state index contributed by atoms with van der Waals surface area (Å²) in [5.74, 6) is -1.66. The number of aliphatic imine (C=N–C) groups is 1. The van der Waals surface area contributed by atoms with E-state index in [0.29, 0.717) is 25.1 Å². The third kappa shape index (κ3) is 11.7. The second-order valence-corrected chi connectivity index (χ2v) is 7.71. The van der Waals surface area contributed by atoms with Gasteiger partial charge in [-0.1, -0.05) is 72.8 Å². The second kappa shape index (κ2) is 17.0. The van der Waals surface area contributed by atoms with Crippen LogP contribution in [-0.4, -0.2) is 41.6 Å². The first-order valence-electron chi connectivity index (χ1n) is 10.8. The van der Waals surface area contributed by atoms with Crippen LogP contribution in [0.25, 0.3) is 16.5 Å². The monoisotopic (exact) mass is 535 g/mol. The molecule has 196 valence electrons. The van der Waals surface area contributed by atoms with Gasteiger partial charge in [-0.2, -0.15) is 0 Å². The smallest absolute Gasteiger partial charge is 0.326 e. The maximum Gasteiger partial charge on any atom is 0.326 e. The van der Waals surface area contributed by atoms with Gasteiger partial charge in [-0.05, 0) is 35.6 Å². The van der Waals surface area contributed by atoms with E-state index in [9.17, 15) is 9.59 Å². The summed E-state index contributed by atoms with van der Waals surface area (Å²) in [6, 6.07) is 21.2. The van der Waals surface area contributed by atoms with Gasteiger partial charge in [-0.25, -0.2) is 4.79 Å². The predicted octanol–water partition coefficient (Wildman–Crippen LogP) is 3.55. The van der Waals surface area contributed by atoms with Crippen LogP contribution in [-0.2, 0) is 16.0 Å². The summed E-state index contributed by atoms with van der Waals surface area (Å²) in [6.45, 7) is 0.304. The standard InChI is InChI=1S/C15H23N5O3.C10H8N.2ClH/c16-11(9-10-5-2-1-3-6-10)13(21)20-12(14(22)23)7-4-8-19-15(17)18;11-10-6-5-8-3-1-2-4-9(8)7-10;;/h1-3,5-6,11-12H,4,7-9,16H2,(H,20,21)(H,22,23)(H4,17,18,19);1-7,11H;2*1H/q;-1;;/t11-,12-;;;/m0.../s1. The second-order valence-electron chi connectivity index (χ2n) is 7.71. The Morgan fingerprint density at radius 2 is 1.56 bits per heavy atom. The summed E-state index contributed by atoms with van der Waals surface area (Å²) < 4.78 is 0. The van der Waals surface area contributed by atoms with E-state index < -0.39 is 24.0 Å². The molecule has 0 fully saturated rings. The number of carbonyl (C=O) groups is 2. The highest BCUT2D eigenvalue weighted by Crippen LogP contribution is 2.19. The molecule has 1 amide bonds. The number of hydrogen-bond donors (Lipinski definition) is 5. The van der Waals surface area contributed by atoms with Crippen molar-refractivity contribution < 1.29 is 14.7 Å². The fourth-order valence-electron chi connectivity index (χ4n) is 3.19. The molecule has 0 heterocycles. The topological polar surface area (TPSA) is 181 Å². The van der Waals surface area contributed by atoms with E-state index in [0.717, 1.165) is 10.9 Å². The van der Waals surface area contributed by atoms with Gasteiger partial charge in [0.2, 0.25) is 5.91 Å². The first-order valence-corrected chi connectivity index (χ1v) is 10.8.